The van der Waals surface area contributed by atoms with Gasteiger partial charge in [0.2, 0.25) is 5.95 Å². The van der Waals surface area contributed by atoms with Gasteiger partial charge in [-0.25, -0.2) is 18.7 Å². The van der Waals surface area contributed by atoms with Crippen LogP contribution in [0.1, 0.15) is 23.2 Å². The summed E-state index contributed by atoms with van der Waals surface area (Å²) in [5.74, 6) is 0.202. The van der Waals surface area contributed by atoms with Crippen LogP contribution in [-0.4, -0.2) is 41.1 Å². The predicted molar refractivity (Wildman–Crippen MR) is 103 cm³/mol. The van der Waals surface area contributed by atoms with Crippen LogP contribution in [0.3, 0.4) is 0 Å². The maximum Gasteiger partial charge on any atom is 0.280 e. The number of halogens is 2. The summed E-state index contributed by atoms with van der Waals surface area (Å²) in [4.78, 5) is 26.9. The average Bonchev–Trinajstić information content (AvgIpc) is 3.05. The van der Waals surface area contributed by atoms with Crippen LogP contribution in [0.25, 0.3) is 10.2 Å². The van der Waals surface area contributed by atoms with Crippen molar-refractivity contribution < 1.29 is 8.78 Å². The zero-order valence-electron chi connectivity index (χ0n) is 15.0. The first-order chi connectivity index (χ1) is 12.9. The molecule has 142 valence electrons. The van der Waals surface area contributed by atoms with Gasteiger partial charge < -0.3 is 9.80 Å². The Morgan fingerprint density at radius 3 is 2.48 bits per heavy atom. The summed E-state index contributed by atoms with van der Waals surface area (Å²) >= 11 is 1.66. The number of nitrogens with zero attached hydrogens (tertiary/aromatic N) is 4. The molecule has 4 rings (SSSR count). The molecule has 0 unspecified atom stereocenters. The number of hydrogen-bond donors (Lipinski definition) is 1. The van der Waals surface area contributed by atoms with E-state index in [1.165, 1.54) is 10.3 Å². The fourth-order valence-electron chi connectivity index (χ4n) is 3.33. The first-order valence-corrected chi connectivity index (χ1v) is 9.49. The largest absolute Gasteiger partial charge is 0.345 e. The molecule has 3 heterocycles. The standard InChI is InChI=1S/C18H19F2N5OS/c1-10-7-11(2)15-13(8-10)27-18(23-15)25-5-3-24(4-6-25)17-21-12(16(19)20)9-14(26)22-17/h7-9,16H,3-6H2,1-2H3,(H,21,22,26). The molecule has 0 amide bonds. The molecule has 1 fully saturated rings. The number of piperazine rings is 1. The van der Waals surface area contributed by atoms with Crippen LogP contribution in [0.2, 0.25) is 0 Å². The van der Waals surface area contributed by atoms with Crippen molar-refractivity contribution in [2.75, 3.05) is 36.0 Å². The van der Waals surface area contributed by atoms with Gasteiger partial charge >= 0.3 is 0 Å². The van der Waals surface area contributed by atoms with Crippen molar-refractivity contribution >= 4 is 32.6 Å². The summed E-state index contributed by atoms with van der Waals surface area (Å²) < 4.78 is 26.9. The number of hydrogen-bond acceptors (Lipinski definition) is 6. The van der Waals surface area contributed by atoms with E-state index in [0.717, 1.165) is 22.3 Å². The Bertz CT molecular complexity index is 1040. The number of nitrogens with one attached hydrogen (secondary N) is 1. The van der Waals surface area contributed by atoms with Crippen molar-refractivity contribution in [3.05, 3.63) is 45.4 Å². The predicted octanol–water partition coefficient (Wildman–Crippen LogP) is 3.26. The lowest BCUT2D eigenvalue weighted by atomic mass is 10.1. The van der Waals surface area contributed by atoms with Gasteiger partial charge in [-0.05, 0) is 31.0 Å². The van der Waals surface area contributed by atoms with Crippen molar-refractivity contribution in [1.82, 2.24) is 15.0 Å². The summed E-state index contributed by atoms with van der Waals surface area (Å²) in [6, 6.07) is 5.11. The zero-order chi connectivity index (χ0) is 19.1. The van der Waals surface area contributed by atoms with Crippen molar-refractivity contribution in [3.8, 4) is 0 Å². The van der Waals surface area contributed by atoms with Gasteiger partial charge in [-0.2, -0.15) is 0 Å². The van der Waals surface area contributed by atoms with Crippen molar-refractivity contribution in [1.29, 1.82) is 0 Å². The van der Waals surface area contributed by atoms with Crippen LogP contribution in [0.5, 0.6) is 0 Å². The maximum atomic E-state index is 12.9. The van der Waals surface area contributed by atoms with E-state index < -0.39 is 17.7 Å². The fraction of sp³-hybridized carbons (Fsp3) is 0.389. The minimum absolute atomic E-state index is 0.202. The van der Waals surface area contributed by atoms with Crippen LogP contribution in [-0.2, 0) is 0 Å². The summed E-state index contributed by atoms with van der Waals surface area (Å²) in [7, 11) is 0. The Kier molecular flexibility index (Phi) is 4.55. The lowest BCUT2D eigenvalue weighted by Crippen LogP contribution is -2.47. The van der Waals surface area contributed by atoms with Crippen LogP contribution < -0.4 is 15.4 Å². The quantitative estimate of drug-likeness (QED) is 0.742. The maximum absolute atomic E-state index is 12.9. The molecule has 3 aromatic rings. The smallest absolute Gasteiger partial charge is 0.280 e. The Morgan fingerprint density at radius 1 is 1.07 bits per heavy atom. The van der Waals surface area contributed by atoms with E-state index in [4.69, 9.17) is 4.98 Å². The van der Waals surface area contributed by atoms with Crippen molar-refractivity contribution in [3.63, 3.8) is 0 Å². The second-order valence-electron chi connectivity index (χ2n) is 6.69. The molecule has 0 bridgehead atoms. The van der Waals surface area contributed by atoms with Crippen LogP contribution in [0.15, 0.2) is 23.0 Å². The highest BCUT2D eigenvalue weighted by Crippen LogP contribution is 2.32. The fourth-order valence-corrected chi connectivity index (χ4v) is 4.52. The van der Waals surface area contributed by atoms with Crippen LogP contribution >= 0.6 is 11.3 Å². The van der Waals surface area contributed by atoms with E-state index in [0.29, 0.717) is 26.2 Å². The number of aryl methyl sites for hydroxylation is 2. The molecule has 1 saturated heterocycles. The lowest BCUT2D eigenvalue weighted by molar-refractivity contribution is 0.146. The summed E-state index contributed by atoms with van der Waals surface area (Å²) in [5, 5.41) is 0.959. The normalized spacial score (nSPS) is 15.1. The topological polar surface area (TPSA) is 65.1 Å². The monoisotopic (exact) mass is 391 g/mol. The third-order valence-corrected chi connectivity index (χ3v) is 5.70. The molecule has 1 aliphatic rings. The first-order valence-electron chi connectivity index (χ1n) is 8.68. The molecule has 6 nitrogen and oxygen atoms in total. The van der Waals surface area contributed by atoms with Gasteiger partial charge in [0.05, 0.1) is 10.2 Å². The number of alkyl halides is 2. The second kappa shape index (κ2) is 6.88. The third-order valence-electron chi connectivity index (χ3n) is 4.64. The molecule has 2 aromatic heterocycles. The number of fused-ring (bicyclic) bond motifs is 1. The highest BCUT2D eigenvalue weighted by molar-refractivity contribution is 7.22. The van der Waals surface area contributed by atoms with Gasteiger partial charge in [-0.3, -0.25) is 9.78 Å². The van der Waals surface area contributed by atoms with Crippen molar-refractivity contribution in [2.45, 2.75) is 20.3 Å². The van der Waals surface area contributed by atoms with Crippen LogP contribution in [0.4, 0.5) is 19.9 Å². The van der Waals surface area contributed by atoms with E-state index in [1.807, 2.05) is 4.90 Å². The molecule has 0 atom stereocenters. The van der Waals surface area contributed by atoms with Gasteiger partial charge in [0.1, 0.15) is 5.69 Å². The number of H-pyrrole nitrogens is 1. The van der Waals surface area contributed by atoms with Gasteiger partial charge in [-0.1, -0.05) is 17.4 Å². The van der Waals surface area contributed by atoms with Gasteiger partial charge in [-0.15, -0.1) is 0 Å². The molecule has 0 aliphatic carbocycles. The Morgan fingerprint density at radius 2 is 1.78 bits per heavy atom. The molecule has 1 aromatic carbocycles. The highest BCUT2D eigenvalue weighted by Gasteiger charge is 2.23. The second-order valence-corrected chi connectivity index (χ2v) is 7.70. The number of thiazole rings is 1. The highest BCUT2D eigenvalue weighted by atomic mass is 32.1. The molecule has 1 N–H and O–H groups in total. The SMILES string of the molecule is Cc1cc(C)c2nc(N3CCN(c4nc(C(F)F)cc(=O)[nH]4)CC3)sc2c1. The average molecular weight is 391 g/mol. The Hall–Kier alpha value is -2.55. The van der Waals surface area contributed by atoms with Gasteiger partial charge in [0.15, 0.2) is 5.13 Å². The van der Waals surface area contributed by atoms with E-state index in [1.54, 1.807) is 11.3 Å². The third kappa shape index (κ3) is 3.51. The Balaban J connectivity index is 1.53. The number of anilines is 2. The van der Waals surface area contributed by atoms with Gasteiger partial charge in [0.25, 0.3) is 12.0 Å². The molecule has 0 saturated carbocycles. The molecule has 0 spiro atoms. The molecule has 9 heteroatoms. The number of benzene rings is 1. The minimum atomic E-state index is -2.76. The van der Waals surface area contributed by atoms with E-state index >= 15 is 0 Å². The lowest BCUT2D eigenvalue weighted by Gasteiger charge is -2.34. The molecule has 1 aliphatic heterocycles. The van der Waals surface area contributed by atoms with E-state index in [9.17, 15) is 13.6 Å². The number of aromatic amines is 1. The van der Waals surface area contributed by atoms with E-state index in [-0.39, 0.29) is 5.95 Å². The zero-order valence-corrected chi connectivity index (χ0v) is 15.8. The number of aromatic nitrogens is 3. The summed E-state index contributed by atoms with van der Waals surface area (Å²) in [6.45, 7) is 6.65. The molecule has 27 heavy (non-hydrogen) atoms. The van der Waals surface area contributed by atoms with Crippen LogP contribution in [0, 0.1) is 13.8 Å². The van der Waals surface area contributed by atoms with E-state index in [2.05, 4.69) is 40.8 Å². The molecule has 0 radical (unpaired) electrons. The minimum Gasteiger partial charge on any atom is -0.345 e. The summed E-state index contributed by atoms with van der Waals surface area (Å²) in [6.07, 6.45) is -2.76. The van der Waals surface area contributed by atoms with Crippen molar-refractivity contribution in [2.24, 2.45) is 0 Å². The first kappa shape index (κ1) is 17.8. The molecular weight excluding hydrogens is 372 g/mol. The summed E-state index contributed by atoms with van der Waals surface area (Å²) in [5.41, 5.74) is 2.35. The Labute approximate surface area is 158 Å². The molecular formula is C18H19F2N5OS. The number of rotatable bonds is 3. The van der Waals surface area contributed by atoms with Gasteiger partial charge in [0, 0.05) is 32.2 Å².